The molecule has 0 fully saturated rings. The Morgan fingerprint density at radius 3 is 2.94 bits per heavy atom. The average Bonchev–Trinajstić information content (AvgIpc) is 2.27. The molecule has 1 heterocycles. The molecule has 0 saturated heterocycles. The Bertz CT molecular complexity index is 414. The van der Waals surface area contributed by atoms with Gasteiger partial charge in [-0.25, -0.2) is 0 Å². The first-order valence-corrected chi connectivity index (χ1v) is 5.61. The topological polar surface area (TPSA) is 40.5 Å². The molecule has 0 spiro atoms. The molecular formula is C13H17NO2. The maximum atomic E-state index is 11.1. The molecule has 1 unspecified atom stereocenters. The van der Waals surface area contributed by atoms with E-state index in [2.05, 4.69) is 18.0 Å². The highest BCUT2D eigenvalue weighted by Gasteiger charge is 2.22. The van der Waals surface area contributed by atoms with Crippen LogP contribution in [-0.2, 0) is 17.8 Å². The number of benzene rings is 1. The Morgan fingerprint density at radius 2 is 2.25 bits per heavy atom. The molecule has 0 radical (unpaired) electrons. The van der Waals surface area contributed by atoms with E-state index in [-0.39, 0.29) is 0 Å². The van der Waals surface area contributed by atoms with E-state index in [1.54, 1.807) is 6.92 Å². The van der Waals surface area contributed by atoms with Gasteiger partial charge in [-0.05, 0) is 37.1 Å². The summed E-state index contributed by atoms with van der Waals surface area (Å²) in [5, 5.41) is 9.09. The van der Waals surface area contributed by atoms with Gasteiger partial charge >= 0.3 is 5.97 Å². The Labute approximate surface area is 95.7 Å². The summed E-state index contributed by atoms with van der Waals surface area (Å²) in [5.74, 6) is -1.16. The lowest BCUT2D eigenvalue weighted by Crippen LogP contribution is -2.28. The molecule has 0 aromatic heterocycles. The third-order valence-electron chi connectivity index (χ3n) is 3.34. The van der Waals surface area contributed by atoms with Gasteiger partial charge in [0.15, 0.2) is 0 Å². The van der Waals surface area contributed by atoms with Crippen molar-refractivity contribution < 1.29 is 9.90 Å². The van der Waals surface area contributed by atoms with E-state index in [1.165, 1.54) is 11.1 Å². The number of nitrogens with zero attached hydrogens (tertiary/aromatic N) is 1. The predicted octanol–water partition coefficient (Wildman–Crippen LogP) is 1.86. The van der Waals surface area contributed by atoms with Gasteiger partial charge in [0.2, 0.25) is 0 Å². The molecule has 3 nitrogen and oxygen atoms in total. The first-order valence-electron chi connectivity index (χ1n) is 5.61. The fraction of sp³-hybridized carbons (Fsp3) is 0.462. The number of carbonyl (C=O) groups is 1. The minimum absolute atomic E-state index is 0.415. The summed E-state index contributed by atoms with van der Waals surface area (Å²) < 4.78 is 0. The fourth-order valence-corrected chi connectivity index (χ4v) is 2.28. The summed E-state index contributed by atoms with van der Waals surface area (Å²) in [7, 11) is 2.07. The van der Waals surface area contributed by atoms with Gasteiger partial charge in [0.25, 0.3) is 0 Å². The minimum Gasteiger partial charge on any atom is -0.481 e. The zero-order valence-corrected chi connectivity index (χ0v) is 9.73. The lowest BCUT2D eigenvalue weighted by Gasteiger charge is -2.28. The number of fused-ring (bicyclic) bond motifs is 1. The lowest BCUT2D eigenvalue weighted by molar-refractivity contribution is -0.138. The lowest BCUT2D eigenvalue weighted by atomic mass is 9.89. The molecular weight excluding hydrogens is 202 g/mol. The number of likely N-dealkylation sites (N-methyl/N-ethyl adjacent to an activating group) is 1. The number of hydrogen-bond acceptors (Lipinski definition) is 2. The van der Waals surface area contributed by atoms with Crippen molar-refractivity contribution in [1.82, 2.24) is 4.90 Å². The maximum Gasteiger partial charge on any atom is 0.310 e. The van der Waals surface area contributed by atoms with Gasteiger partial charge in [0.05, 0.1) is 5.92 Å². The van der Waals surface area contributed by atoms with Crippen LogP contribution in [0.1, 0.15) is 29.5 Å². The van der Waals surface area contributed by atoms with E-state index in [4.69, 9.17) is 5.11 Å². The number of aliphatic carboxylic acids is 1. The summed E-state index contributed by atoms with van der Waals surface area (Å²) in [6.07, 6.45) is 1.02. The van der Waals surface area contributed by atoms with Crippen molar-refractivity contribution >= 4 is 5.97 Å². The number of hydrogen-bond donors (Lipinski definition) is 1. The van der Waals surface area contributed by atoms with Crippen LogP contribution >= 0.6 is 0 Å². The van der Waals surface area contributed by atoms with Crippen LogP contribution in [0.4, 0.5) is 0 Å². The van der Waals surface area contributed by atoms with E-state index >= 15 is 0 Å². The van der Waals surface area contributed by atoms with Gasteiger partial charge in [0.1, 0.15) is 0 Å². The molecule has 0 amide bonds. The van der Waals surface area contributed by atoms with Crippen molar-refractivity contribution in [2.24, 2.45) is 0 Å². The van der Waals surface area contributed by atoms with E-state index in [0.29, 0.717) is 0 Å². The van der Waals surface area contributed by atoms with Gasteiger partial charge in [-0.3, -0.25) is 4.79 Å². The van der Waals surface area contributed by atoms with Crippen molar-refractivity contribution in [3.63, 3.8) is 0 Å². The van der Waals surface area contributed by atoms with Crippen LogP contribution in [0.25, 0.3) is 0 Å². The number of carboxylic acids is 1. The van der Waals surface area contributed by atoms with E-state index in [1.807, 2.05) is 12.1 Å². The van der Waals surface area contributed by atoms with Crippen LogP contribution in [0.3, 0.4) is 0 Å². The average molecular weight is 219 g/mol. The van der Waals surface area contributed by atoms with Crippen molar-refractivity contribution in [3.8, 4) is 0 Å². The first-order chi connectivity index (χ1) is 7.59. The Balaban J connectivity index is 2.43. The quantitative estimate of drug-likeness (QED) is 0.825. The SMILES string of the molecule is CC(C(=O)O)c1cccc2c1CN(C)CC2. The van der Waals surface area contributed by atoms with Crippen molar-refractivity contribution in [3.05, 3.63) is 34.9 Å². The van der Waals surface area contributed by atoms with Crippen LogP contribution in [0.15, 0.2) is 18.2 Å². The zero-order valence-electron chi connectivity index (χ0n) is 9.73. The smallest absolute Gasteiger partial charge is 0.310 e. The second kappa shape index (κ2) is 4.26. The highest BCUT2D eigenvalue weighted by Crippen LogP contribution is 2.27. The summed E-state index contributed by atoms with van der Waals surface area (Å²) >= 11 is 0. The van der Waals surface area contributed by atoms with Gasteiger partial charge in [-0.15, -0.1) is 0 Å². The highest BCUT2D eigenvalue weighted by atomic mass is 16.4. The van der Waals surface area contributed by atoms with E-state index in [0.717, 1.165) is 25.1 Å². The normalized spacial score (nSPS) is 17.9. The summed E-state index contributed by atoms with van der Waals surface area (Å²) in [6, 6.07) is 6.02. The molecule has 1 atom stereocenters. The summed E-state index contributed by atoms with van der Waals surface area (Å²) in [4.78, 5) is 13.3. The Kier molecular flexibility index (Phi) is 2.97. The van der Waals surface area contributed by atoms with Crippen LogP contribution in [-0.4, -0.2) is 29.6 Å². The molecule has 1 aromatic carbocycles. The van der Waals surface area contributed by atoms with Crippen LogP contribution < -0.4 is 0 Å². The van der Waals surface area contributed by atoms with E-state index < -0.39 is 11.9 Å². The fourth-order valence-electron chi connectivity index (χ4n) is 2.28. The summed E-state index contributed by atoms with van der Waals surface area (Å²) in [6.45, 7) is 3.67. The third-order valence-corrected chi connectivity index (χ3v) is 3.34. The molecule has 1 aliphatic heterocycles. The van der Waals surface area contributed by atoms with Crippen LogP contribution in [0.5, 0.6) is 0 Å². The van der Waals surface area contributed by atoms with E-state index in [9.17, 15) is 4.79 Å². The minimum atomic E-state index is -0.748. The van der Waals surface area contributed by atoms with Crippen LogP contribution in [0.2, 0.25) is 0 Å². The van der Waals surface area contributed by atoms with Gasteiger partial charge < -0.3 is 10.0 Å². The molecule has 0 aliphatic carbocycles. The van der Waals surface area contributed by atoms with Crippen molar-refractivity contribution in [2.75, 3.05) is 13.6 Å². The second-order valence-corrected chi connectivity index (χ2v) is 4.53. The van der Waals surface area contributed by atoms with Crippen LogP contribution in [0, 0.1) is 0 Å². The number of rotatable bonds is 2. The second-order valence-electron chi connectivity index (χ2n) is 4.53. The largest absolute Gasteiger partial charge is 0.481 e. The molecule has 16 heavy (non-hydrogen) atoms. The first kappa shape index (κ1) is 11.1. The monoisotopic (exact) mass is 219 g/mol. The highest BCUT2D eigenvalue weighted by molar-refractivity contribution is 5.76. The summed E-state index contributed by atoms with van der Waals surface area (Å²) in [5.41, 5.74) is 3.49. The van der Waals surface area contributed by atoms with Crippen molar-refractivity contribution in [2.45, 2.75) is 25.8 Å². The van der Waals surface area contributed by atoms with Crippen molar-refractivity contribution in [1.29, 1.82) is 0 Å². The number of carboxylic acid groups (broad SMARTS) is 1. The molecule has 1 aliphatic rings. The Morgan fingerprint density at radius 1 is 1.50 bits per heavy atom. The molecule has 0 saturated carbocycles. The zero-order chi connectivity index (χ0) is 11.7. The Hall–Kier alpha value is -1.35. The predicted molar refractivity (Wildman–Crippen MR) is 62.5 cm³/mol. The molecule has 3 heteroatoms. The van der Waals surface area contributed by atoms with Gasteiger partial charge in [-0.1, -0.05) is 18.2 Å². The van der Waals surface area contributed by atoms with Gasteiger partial charge in [0, 0.05) is 13.1 Å². The maximum absolute atomic E-state index is 11.1. The molecule has 2 rings (SSSR count). The standard InChI is InChI=1S/C13H17NO2/c1-9(13(15)16)11-5-3-4-10-6-7-14(2)8-12(10)11/h3-5,9H,6-8H2,1-2H3,(H,15,16). The molecule has 0 bridgehead atoms. The van der Waals surface area contributed by atoms with Gasteiger partial charge in [-0.2, -0.15) is 0 Å². The molecule has 1 N–H and O–H groups in total. The molecule has 86 valence electrons. The third kappa shape index (κ3) is 1.95. The molecule has 1 aromatic rings.